The average molecular weight is 316 g/mol. The fraction of sp³-hybridized carbons (Fsp3) is 0.375. The number of rotatable bonds is 3. The number of carbonyl (C=O) groups is 2. The number of ether oxygens (including phenoxy) is 2. The molecule has 0 N–H and O–H groups in total. The molecule has 1 atom stereocenters. The predicted octanol–water partition coefficient (Wildman–Crippen LogP) is 1.45. The minimum Gasteiger partial charge on any atom is -0.463 e. The monoisotopic (exact) mass is 316 g/mol. The number of nitrogens with zero attached hydrogens (tertiary/aromatic N) is 2. The molecule has 7 nitrogen and oxygen atoms in total. The van der Waals surface area contributed by atoms with Gasteiger partial charge in [-0.05, 0) is 19.9 Å². The summed E-state index contributed by atoms with van der Waals surface area (Å²) in [7, 11) is 0. The molecule has 120 valence electrons. The van der Waals surface area contributed by atoms with E-state index in [1.165, 1.54) is 4.68 Å². The minimum atomic E-state index is -0.914. The molecule has 1 aromatic heterocycles. The number of cyclic esters (lactones) is 1. The largest absolute Gasteiger partial charge is 0.463 e. The second kappa shape index (κ2) is 5.83. The highest BCUT2D eigenvalue weighted by Gasteiger charge is 2.32. The highest BCUT2D eigenvalue weighted by atomic mass is 16.6. The summed E-state index contributed by atoms with van der Waals surface area (Å²) in [6.45, 7) is 3.83. The maximum absolute atomic E-state index is 12.4. The van der Waals surface area contributed by atoms with Crippen molar-refractivity contribution in [1.29, 1.82) is 0 Å². The molecule has 0 spiro atoms. The van der Waals surface area contributed by atoms with Crippen LogP contribution in [0.25, 0.3) is 10.8 Å². The molecule has 0 bridgehead atoms. The summed E-state index contributed by atoms with van der Waals surface area (Å²) in [6, 6.07) is 6.49. The van der Waals surface area contributed by atoms with Crippen molar-refractivity contribution in [2.45, 2.75) is 32.4 Å². The number of benzene rings is 1. The lowest BCUT2D eigenvalue weighted by Crippen LogP contribution is -2.29. The Morgan fingerprint density at radius 1 is 1.30 bits per heavy atom. The van der Waals surface area contributed by atoms with Gasteiger partial charge in [-0.25, -0.2) is 14.3 Å². The number of hydrogen-bond acceptors (Lipinski definition) is 6. The average Bonchev–Trinajstić information content (AvgIpc) is 2.92. The zero-order valence-corrected chi connectivity index (χ0v) is 12.8. The van der Waals surface area contributed by atoms with Crippen LogP contribution in [0.5, 0.6) is 0 Å². The number of fused-ring (bicyclic) bond motifs is 1. The lowest BCUT2D eigenvalue weighted by atomic mass is 10.1. The number of hydrogen-bond donors (Lipinski definition) is 0. The van der Waals surface area contributed by atoms with E-state index in [9.17, 15) is 14.4 Å². The van der Waals surface area contributed by atoms with Crippen molar-refractivity contribution in [2.24, 2.45) is 0 Å². The van der Waals surface area contributed by atoms with Gasteiger partial charge >= 0.3 is 11.9 Å². The van der Waals surface area contributed by atoms with Gasteiger partial charge in [0.1, 0.15) is 0 Å². The zero-order valence-electron chi connectivity index (χ0n) is 12.8. The first-order chi connectivity index (χ1) is 11.0. The Morgan fingerprint density at radius 2 is 2.00 bits per heavy atom. The molecule has 0 aliphatic carbocycles. The van der Waals surface area contributed by atoms with E-state index in [2.05, 4.69) is 5.10 Å². The molecule has 1 aliphatic heterocycles. The summed E-state index contributed by atoms with van der Waals surface area (Å²) >= 11 is 0. The van der Waals surface area contributed by atoms with Gasteiger partial charge in [0.2, 0.25) is 6.10 Å². The van der Waals surface area contributed by atoms with Crippen molar-refractivity contribution in [1.82, 2.24) is 9.78 Å². The van der Waals surface area contributed by atoms with Crippen LogP contribution in [0.2, 0.25) is 0 Å². The van der Waals surface area contributed by atoms with E-state index in [4.69, 9.17) is 9.47 Å². The standard InChI is InChI=1S/C16H16N2O5/c1-9(2)18-14(19)11-6-4-3-5-10(11)13(17-18)16(21)23-12-7-8-22-15(12)20/h3-6,9,12H,7-8H2,1-2H3/t12-/m1/s1. The van der Waals surface area contributed by atoms with Gasteiger partial charge in [-0.2, -0.15) is 5.10 Å². The third-order valence-electron chi connectivity index (χ3n) is 3.65. The van der Waals surface area contributed by atoms with E-state index in [-0.39, 0.29) is 23.9 Å². The van der Waals surface area contributed by atoms with Gasteiger partial charge in [-0.3, -0.25) is 4.79 Å². The predicted molar refractivity (Wildman–Crippen MR) is 81.2 cm³/mol. The smallest absolute Gasteiger partial charge is 0.360 e. The molecule has 7 heteroatoms. The Balaban J connectivity index is 2.09. The summed E-state index contributed by atoms with van der Waals surface area (Å²) in [5.74, 6) is -1.29. The fourth-order valence-electron chi connectivity index (χ4n) is 2.48. The van der Waals surface area contributed by atoms with E-state index >= 15 is 0 Å². The van der Waals surface area contributed by atoms with Crippen LogP contribution in [-0.2, 0) is 14.3 Å². The third-order valence-corrected chi connectivity index (χ3v) is 3.65. The van der Waals surface area contributed by atoms with Crippen LogP contribution in [0.4, 0.5) is 0 Å². The molecule has 0 unspecified atom stereocenters. The van der Waals surface area contributed by atoms with Gasteiger partial charge in [0, 0.05) is 11.8 Å². The van der Waals surface area contributed by atoms with Gasteiger partial charge in [0.25, 0.3) is 5.56 Å². The first kappa shape index (κ1) is 15.2. The van der Waals surface area contributed by atoms with Crippen molar-refractivity contribution in [3.63, 3.8) is 0 Å². The van der Waals surface area contributed by atoms with Crippen LogP contribution < -0.4 is 5.56 Å². The first-order valence-electron chi connectivity index (χ1n) is 7.38. The van der Waals surface area contributed by atoms with Crippen LogP contribution in [0.1, 0.15) is 36.8 Å². The Bertz CT molecular complexity index is 840. The molecule has 0 saturated carbocycles. The maximum Gasteiger partial charge on any atom is 0.360 e. The first-order valence-corrected chi connectivity index (χ1v) is 7.38. The lowest BCUT2D eigenvalue weighted by molar-refractivity contribution is -0.145. The highest BCUT2D eigenvalue weighted by molar-refractivity contribution is 6.02. The second-order valence-electron chi connectivity index (χ2n) is 5.59. The van der Waals surface area contributed by atoms with Crippen LogP contribution in [0.15, 0.2) is 29.1 Å². The third kappa shape index (κ3) is 2.69. The van der Waals surface area contributed by atoms with E-state index in [0.717, 1.165) is 0 Å². The van der Waals surface area contributed by atoms with Crippen molar-refractivity contribution < 1.29 is 19.1 Å². The van der Waals surface area contributed by atoms with Crippen molar-refractivity contribution >= 4 is 22.7 Å². The van der Waals surface area contributed by atoms with E-state index in [1.54, 1.807) is 38.1 Å². The molecular formula is C16H16N2O5. The minimum absolute atomic E-state index is 0.0219. The normalized spacial score (nSPS) is 17.5. The second-order valence-corrected chi connectivity index (χ2v) is 5.59. The molecular weight excluding hydrogens is 300 g/mol. The van der Waals surface area contributed by atoms with Gasteiger partial charge in [0.05, 0.1) is 18.0 Å². The Kier molecular flexibility index (Phi) is 3.85. The molecule has 2 aromatic rings. The molecule has 1 fully saturated rings. The fourth-order valence-corrected chi connectivity index (χ4v) is 2.48. The van der Waals surface area contributed by atoms with Crippen LogP contribution in [0, 0.1) is 0 Å². The van der Waals surface area contributed by atoms with Crippen molar-refractivity contribution in [3.05, 3.63) is 40.3 Å². The van der Waals surface area contributed by atoms with Gasteiger partial charge in [-0.1, -0.05) is 18.2 Å². The molecule has 2 heterocycles. The van der Waals surface area contributed by atoms with Gasteiger partial charge in [0.15, 0.2) is 5.69 Å². The maximum atomic E-state index is 12.4. The Hall–Kier alpha value is -2.70. The van der Waals surface area contributed by atoms with Crippen LogP contribution in [0.3, 0.4) is 0 Å². The van der Waals surface area contributed by atoms with Crippen LogP contribution in [-0.4, -0.2) is 34.4 Å². The number of carbonyl (C=O) groups excluding carboxylic acids is 2. The Labute approximate surface area is 131 Å². The van der Waals surface area contributed by atoms with E-state index in [1.807, 2.05) is 0 Å². The topological polar surface area (TPSA) is 87.5 Å². The van der Waals surface area contributed by atoms with Gasteiger partial charge < -0.3 is 9.47 Å². The molecule has 1 saturated heterocycles. The zero-order chi connectivity index (χ0) is 16.6. The SMILES string of the molecule is CC(C)n1nc(C(=O)O[C@@H]2CCOC2=O)c2ccccc2c1=O. The summed E-state index contributed by atoms with van der Waals surface area (Å²) in [5.41, 5.74) is -0.249. The molecule has 23 heavy (non-hydrogen) atoms. The number of aromatic nitrogens is 2. The molecule has 1 aromatic carbocycles. The summed E-state index contributed by atoms with van der Waals surface area (Å²) < 4.78 is 11.2. The van der Waals surface area contributed by atoms with Crippen molar-refractivity contribution in [2.75, 3.05) is 6.61 Å². The number of esters is 2. The molecule has 1 aliphatic rings. The summed E-state index contributed by atoms with van der Waals surface area (Å²) in [6.07, 6.45) is -0.589. The molecule has 3 rings (SSSR count). The quantitative estimate of drug-likeness (QED) is 0.797. The highest BCUT2D eigenvalue weighted by Crippen LogP contribution is 2.18. The van der Waals surface area contributed by atoms with Crippen LogP contribution >= 0.6 is 0 Å². The summed E-state index contributed by atoms with van der Waals surface area (Å²) in [5, 5.41) is 4.94. The Morgan fingerprint density at radius 3 is 2.61 bits per heavy atom. The van der Waals surface area contributed by atoms with E-state index in [0.29, 0.717) is 17.2 Å². The van der Waals surface area contributed by atoms with Gasteiger partial charge in [-0.15, -0.1) is 0 Å². The van der Waals surface area contributed by atoms with E-state index < -0.39 is 18.0 Å². The lowest BCUT2D eigenvalue weighted by Gasteiger charge is -2.14. The summed E-state index contributed by atoms with van der Waals surface area (Å²) in [4.78, 5) is 36.3. The molecule has 0 amide bonds. The molecule has 0 radical (unpaired) electrons. The van der Waals surface area contributed by atoms with Crippen molar-refractivity contribution in [3.8, 4) is 0 Å².